The SMILES string of the molecule is COc1ccc(-c2cncc(CC(=O)O)c2C)cc1. The van der Waals surface area contributed by atoms with Crippen molar-refractivity contribution in [2.45, 2.75) is 13.3 Å². The molecule has 0 fully saturated rings. The molecule has 0 atom stereocenters. The summed E-state index contributed by atoms with van der Waals surface area (Å²) in [5.41, 5.74) is 3.63. The van der Waals surface area contributed by atoms with Crippen molar-refractivity contribution in [2.24, 2.45) is 0 Å². The van der Waals surface area contributed by atoms with Crippen molar-refractivity contribution < 1.29 is 14.6 Å². The largest absolute Gasteiger partial charge is 0.497 e. The minimum absolute atomic E-state index is 0.0111. The molecule has 0 amide bonds. The van der Waals surface area contributed by atoms with Gasteiger partial charge < -0.3 is 9.84 Å². The predicted molar refractivity (Wildman–Crippen MR) is 72.3 cm³/mol. The lowest BCUT2D eigenvalue weighted by atomic mass is 9.98. The van der Waals surface area contributed by atoms with Gasteiger partial charge in [-0.3, -0.25) is 9.78 Å². The molecule has 19 heavy (non-hydrogen) atoms. The highest BCUT2D eigenvalue weighted by atomic mass is 16.5. The van der Waals surface area contributed by atoms with E-state index in [2.05, 4.69) is 4.98 Å². The fourth-order valence-electron chi connectivity index (χ4n) is 1.97. The van der Waals surface area contributed by atoms with Crippen LogP contribution in [0.3, 0.4) is 0 Å². The maximum atomic E-state index is 10.8. The van der Waals surface area contributed by atoms with Crippen molar-refractivity contribution in [3.63, 3.8) is 0 Å². The first-order valence-corrected chi connectivity index (χ1v) is 5.91. The molecule has 1 heterocycles. The molecular formula is C15H15NO3. The standard InChI is InChI=1S/C15H15NO3/c1-10-12(7-15(17)18)8-16-9-14(10)11-3-5-13(19-2)6-4-11/h3-6,8-9H,7H2,1-2H3,(H,17,18). The summed E-state index contributed by atoms with van der Waals surface area (Å²) in [5.74, 6) is -0.0622. The number of rotatable bonds is 4. The first-order chi connectivity index (χ1) is 9.11. The van der Waals surface area contributed by atoms with Gasteiger partial charge in [-0.2, -0.15) is 0 Å². The number of aromatic nitrogens is 1. The first-order valence-electron chi connectivity index (χ1n) is 5.91. The molecular weight excluding hydrogens is 242 g/mol. The highest BCUT2D eigenvalue weighted by molar-refractivity contribution is 5.74. The lowest BCUT2D eigenvalue weighted by molar-refractivity contribution is -0.136. The Morgan fingerprint density at radius 3 is 2.53 bits per heavy atom. The molecule has 4 heteroatoms. The van der Waals surface area contributed by atoms with Crippen LogP contribution in [-0.4, -0.2) is 23.2 Å². The second-order valence-electron chi connectivity index (χ2n) is 4.27. The van der Waals surface area contributed by atoms with Crippen LogP contribution < -0.4 is 4.74 Å². The lowest BCUT2D eigenvalue weighted by Gasteiger charge is -2.10. The van der Waals surface area contributed by atoms with Crippen LogP contribution in [0.15, 0.2) is 36.7 Å². The van der Waals surface area contributed by atoms with Crippen LogP contribution in [0.5, 0.6) is 5.75 Å². The van der Waals surface area contributed by atoms with Crippen molar-refractivity contribution in [3.05, 3.63) is 47.8 Å². The Hall–Kier alpha value is -2.36. The molecule has 1 aromatic carbocycles. The van der Waals surface area contributed by atoms with Gasteiger partial charge in [-0.25, -0.2) is 0 Å². The zero-order chi connectivity index (χ0) is 13.8. The van der Waals surface area contributed by atoms with E-state index in [1.165, 1.54) is 0 Å². The van der Waals surface area contributed by atoms with Crippen LogP contribution in [0.4, 0.5) is 0 Å². The van der Waals surface area contributed by atoms with E-state index in [1.54, 1.807) is 19.5 Å². The number of nitrogens with zero attached hydrogens (tertiary/aromatic N) is 1. The van der Waals surface area contributed by atoms with Crippen LogP contribution >= 0.6 is 0 Å². The Bertz CT molecular complexity index is 591. The molecule has 0 unspecified atom stereocenters. The first kappa shape index (κ1) is 13.1. The molecule has 0 saturated carbocycles. The molecule has 1 aromatic heterocycles. The monoisotopic (exact) mass is 257 g/mol. The van der Waals surface area contributed by atoms with Gasteiger partial charge in [-0.05, 0) is 35.7 Å². The number of hydrogen-bond donors (Lipinski definition) is 1. The number of hydrogen-bond acceptors (Lipinski definition) is 3. The fraction of sp³-hybridized carbons (Fsp3) is 0.200. The quantitative estimate of drug-likeness (QED) is 0.914. The molecule has 0 aliphatic heterocycles. The van der Waals surface area contributed by atoms with Crippen molar-refractivity contribution in [1.29, 1.82) is 0 Å². The summed E-state index contributed by atoms with van der Waals surface area (Å²) in [6.45, 7) is 1.92. The number of aliphatic carboxylic acids is 1. The minimum Gasteiger partial charge on any atom is -0.497 e. The van der Waals surface area contributed by atoms with E-state index in [-0.39, 0.29) is 6.42 Å². The lowest BCUT2D eigenvalue weighted by Crippen LogP contribution is -2.03. The molecule has 2 rings (SSSR count). The molecule has 4 nitrogen and oxygen atoms in total. The number of carboxylic acid groups (broad SMARTS) is 1. The summed E-state index contributed by atoms with van der Waals surface area (Å²) >= 11 is 0. The van der Waals surface area contributed by atoms with Gasteiger partial charge in [-0.1, -0.05) is 12.1 Å². The summed E-state index contributed by atoms with van der Waals surface area (Å²) in [6, 6.07) is 7.62. The minimum atomic E-state index is -0.850. The highest BCUT2D eigenvalue weighted by Gasteiger charge is 2.09. The summed E-state index contributed by atoms with van der Waals surface area (Å²) in [5, 5.41) is 8.88. The van der Waals surface area contributed by atoms with Gasteiger partial charge in [0.15, 0.2) is 0 Å². The topological polar surface area (TPSA) is 59.4 Å². The Morgan fingerprint density at radius 2 is 1.95 bits per heavy atom. The normalized spacial score (nSPS) is 10.2. The second kappa shape index (κ2) is 5.52. The number of carbonyl (C=O) groups is 1. The van der Waals surface area contributed by atoms with Gasteiger partial charge >= 0.3 is 5.97 Å². The molecule has 0 bridgehead atoms. The van der Waals surface area contributed by atoms with E-state index in [0.717, 1.165) is 28.0 Å². The predicted octanol–water partition coefficient (Wildman–Crippen LogP) is 2.69. The molecule has 0 saturated heterocycles. The van der Waals surface area contributed by atoms with Gasteiger partial charge in [0.1, 0.15) is 5.75 Å². The Labute approximate surface area is 111 Å². The molecule has 2 aromatic rings. The van der Waals surface area contributed by atoms with Gasteiger partial charge in [0.25, 0.3) is 0 Å². The van der Waals surface area contributed by atoms with Crippen LogP contribution in [0, 0.1) is 6.92 Å². The van der Waals surface area contributed by atoms with Gasteiger partial charge in [0.2, 0.25) is 0 Å². The van der Waals surface area contributed by atoms with E-state index in [4.69, 9.17) is 9.84 Å². The number of carboxylic acids is 1. The Morgan fingerprint density at radius 1 is 1.26 bits per heavy atom. The van der Waals surface area contributed by atoms with Crippen molar-refractivity contribution in [3.8, 4) is 16.9 Å². The number of benzene rings is 1. The van der Waals surface area contributed by atoms with Crippen LogP contribution in [0.25, 0.3) is 11.1 Å². The fourth-order valence-corrected chi connectivity index (χ4v) is 1.97. The zero-order valence-electron chi connectivity index (χ0n) is 10.9. The number of ether oxygens (including phenoxy) is 1. The summed E-state index contributed by atoms with van der Waals surface area (Å²) in [4.78, 5) is 14.9. The third-order valence-corrected chi connectivity index (χ3v) is 3.06. The highest BCUT2D eigenvalue weighted by Crippen LogP contribution is 2.26. The van der Waals surface area contributed by atoms with E-state index in [1.807, 2.05) is 31.2 Å². The molecule has 0 radical (unpaired) electrons. The molecule has 1 N–H and O–H groups in total. The van der Waals surface area contributed by atoms with Crippen molar-refractivity contribution in [1.82, 2.24) is 4.98 Å². The van der Waals surface area contributed by atoms with Gasteiger partial charge in [0, 0.05) is 18.0 Å². The van der Waals surface area contributed by atoms with Crippen molar-refractivity contribution >= 4 is 5.97 Å². The molecule has 0 aliphatic rings. The van der Waals surface area contributed by atoms with E-state index in [0.29, 0.717) is 0 Å². The number of pyridine rings is 1. The van der Waals surface area contributed by atoms with Gasteiger partial charge in [-0.15, -0.1) is 0 Å². The maximum absolute atomic E-state index is 10.8. The summed E-state index contributed by atoms with van der Waals surface area (Å²) in [6.07, 6.45) is 3.35. The van der Waals surface area contributed by atoms with Crippen LogP contribution in [0.2, 0.25) is 0 Å². The summed E-state index contributed by atoms with van der Waals surface area (Å²) < 4.78 is 5.12. The molecule has 98 valence electrons. The van der Waals surface area contributed by atoms with Gasteiger partial charge in [0.05, 0.1) is 13.5 Å². The average Bonchev–Trinajstić information content (AvgIpc) is 2.41. The molecule has 0 aliphatic carbocycles. The van der Waals surface area contributed by atoms with Crippen molar-refractivity contribution in [2.75, 3.05) is 7.11 Å². The third kappa shape index (κ3) is 2.91. The average molecular weight is 257 g/mol. The smallest absolute Gasteiger partial charge is 0.307 e. The number of methoxy groups -OCH3 is 1. The Balaban J connectivity index is 2.41. The Kier molecular flexibility index (Phi) is 3.80. The second-order valence-corrected chi connectivity index (χ2v) is 4.27. The molecule has 0 spiro atoms. The van der Waals surface area contributed by atoms with Crippen LogP contribution in [0.1, 0.15) is 11.1 Å². The zero-order valence-corrected chi connectivity index (χ0v) is 10.9. The third-order valence-electron chi connectivity index (χ3n) is 3.06. The van der Waals surface area contributed by atoms with E-state index < -0.39 is 5.97 Å². The maximum Gasteiger partial charge on any atom is 0.307 e. The van der Waals surface area contributed by atoms with E-state index >= 15 is 0 Å². The van der Waals surface area contributed by atoms with Crippen LogP contribution in [-0.2, 0) is 11.2 Å². The summed E-state index contributed by atoms with van der Waals surface area (Å²) in [7, 11) is 1.62. The van der Waals surface area contributed by atoms with E-state index in [9.17, 15) is 4.79 Å².